The Balaban J connectivity index is 2.31. The van der Waals surface area contributed by atoms with Crippen LogP contribution in [0.4, 0.5) is 10.1 Å². The molecular weight excluding hydrogens is 263 g/mol. The van der Waals surface area contributed by atoms with Gasteiger partial charge >= 0.3 is 0 Å². The maximum absolute atomic E-state index is 13.3. The fourth-order valence-corrected chi connectivity index (χ4v) is 2.12. The van der Waals surface area contributed by atoms with Crippen LogP contribution >= 0.6 is 12.2 Å². The van der Waals surface area contributed by atoms with Crippen LogP contribution in [-0.2, 0) is 6.54 Å². The number of thiocarbonyl (C=S) groups is 1. The quantitative estimate of drug-likeness (QED) is 0.873. The van der Waals surface area contributed by atoms with Crippen molar-refractivity contribution in [2.24, 2.45) is 5.73 Å². The largest absolute Gasteiger partial charge is 0.469 e. The first kappa shape index (κ1) is 13.5. The summed E-state index contributed by atoms with van der Waals surface area (Å²) in [5.41, 5.74) is 8.06. The van der Waals surface area contributed by atoms with Gasteiger partial charge in [0, 0.05) is 30.4 Å². The lowest BCUT2D eigenvalue weighted by Crippen LogP contribution is -2.21. The molecule has 0 atom stereocenters. The number of furan rings is 1. The summed E-state index contributed by atoms with van der Waals surface area (Å²) in [5.74, 6) is 0.519. The summed E-state index contributed by atoms with van der Waals surface area (Å²) in [6.45, 7) is 2.55. The summed E-state index contributed by atoms with van der Waals surface area (Å²) in [6, 6.07) is 6.35. The monoisotopic (exact) mass is 278 g/mol. The Kier molecular flexibility index (Phi) is 3.85. The molecule has 0 radical (unpaired) electrons. The molecule has 1 aromatic carbocycles. The van der Waals surface area contributed by atoms with Crippen molar-refractivity contribution in [1.29, 1.82) is 0 Å². The van der Waals surface area contributed by atoms with Crippen molar-refractivity contribution in [2.75, 3.05) is 11.9 Å². The number of halogens is 1. The summed E-state index contributed by atoms with van der Waals surface area (Å²) in [7, 11) is 1.90. The van der Waals surface area contributed by atoms with Crippen LogP contribution in [0.5, 0.6) is 0 Å². The average Bonchev–Trinajstić information content (AvgIpc) is 2.74. The highest BCUT2D eigenvalue weighted by Crippen LogP contribution is 2.23. The highest BCUT2D eigenvalue weighted by molar-refractivity contribution is 7.80. The van der Waals surface area contributed by atoms with Crippen molar-refractivity contribution < 1.29 is 8.81 Å². The summed E-state index contributed by atoms with van der Waals surface area (Å²) >= 11 is 4.97. The third-order valence-electron chi connectivity index (χ3n) is 3.01. The predicted octanol–water partition coefficient (Wildman–Crippen LogP) is 3.00. The highest BCUT2D eigenvalue weighted by Gasteiger charge is 2.12. The molecule has 0 fully saturated rings. The number of nitrogens with zero attached hydrogens (tertiary/aromatic N) is 1. The fourth-order valence-electron chi connectivity index (χ4n) is 1.95. The normalized spacial score (nSPS) is 10.5. The maximum atomic E-state index is 13.3. The van der Waals surface area contributed by atoms with Gasteiger partial charge in [-0.05, 0) is 31.2 Å². The molecule has 1 aromatic heterocycles. The molecule has 0 unspecified atom stereocenters. The predicted molar refractivity (Wildman–Crippen MR) is 77.8 cm³/mol. The lowest BCUT2D eigenvalue weighted by molar-refractivity contribution is 0.529. The number of anilines is 1. The Morgan fingerprint density at radius 3 is 2.74 bits per heavy atom. The van der Waals surface area contributed by atoms with Crippen molar-refractivity contribution in [1.82, 2.24) is 0 Å². The van der Waals surface area contributed by atoms with Gasteiger partial charge in [0.15, 0.2) is 0 Å². The minimum Gasteiger partial charge on any atom is -0.469 e. The minimum absolute atomic E-state index is 0.185. The van der Waals surface area contributed by atoms with Crippen molar-refractivity contribution in [3.63, 3.8) is 0 Å². The van der Waals surface area contributed by atoms with Crippen molar-refractivity contribution >= 4 is 22.9 Å². The smallest absolute Gasteiger partial charge is 0.124 e. The van der Waals surface area contributed by atoms with Crippen molar-refractivity contribution in [3.8, 4) is 0 Å². The summed E-state index contributed by atoms with van der Waals surface area (Å²) in [4.78, 5) is 2.15. The standard InChI is InChI=1S/C14H15FN2OS/c1-9-10(5-6-18-9)8-17(2)13-4-3-11(15)7-12(13)14(16)19/h3-7H,8H2,1-2H3,(H2,16,19). The van der Waals surface area contributed by atoms with Crippen LogP contribution < -0.4 is 10.6 Å². The molecule has 0 saturated carbocycles. The van der Waals surface area contributed by atoms with Crippen LogP contribution in [0.3, 0.4) is 0 Å². The molecule has 0 saturated heterocycles. The van der Waals surface area contributed by atoms with E-state index in [1.54, 1.807) is 12.3 Å². The molecule has 0 bridgehead atoms. The van der Waals surface area contributed by atoms with E-state index < -0.39 is 0 Å². The molecule has 0 amide bonds. The number of rotatable bonds is 4. The third kappa shape index (κ3) is 2.93. The molecule has 3 nitrogen and oxygen atoms in total. The topological polar surface area (TPSA) is 42.4 Å². The zero-order valence-electron chi connectivity index (χ0n) is 10.8. The van der Waals surface area contributed by atoms with E-state index in [9.17, 15) is 4.39 Å². The van der Waals surface area contributed by atoms with Crippen LogP contribution in [-0.4, -0.2) is 12.0 Å². The van der Waals surface area contributed by atoms with Crippen LogP contribution in [0, 0.1) is 12.7 Å². The molecule has 2 rings (SSSR count). The van der Waals surface area contributed by atoms with E-state index in [1.807, 2.05) is 24.9 Å². The zero-order chi connectivity index (χ0) is 14.0. The Bertz CT molecular complexity index is 609. The maximum Gasteiger partial charge on any atom is 0.124 e. The van der Waals surface area contributed by atoms with Gasteiger partial charge in [-0.25, -0.2) is 4.39 Å². The van der Waals surface area contributed by atoms with Gasteiger partial charge < -0.3 is 15.1 Å². The first-order valence-corrected chi connectivity index (χ1v) is 6.23. The lowest BCUT2D eigenvalue weighted by Gasteiger charge is -2.22. The first-order valence-electron chi connectivity index (χ1n) is 5.82. The second-order valence-corrected chi connectivity index (χ2v) is 4.82. The second-order valence-electron chi connectivity index (χ2n) is 4.38. The SMILES string of the molecule is Cc1occc1CN(C)c1ccc(F)cc1C(N)=S. The third-order valence-corrected chi connectivity index (χ3v) is 3.23. The molecule has 19 heavy (non-hydrogen) atoms. The van der Waals surface area contributed by atoms with Gasteiger partial charge in [0.25, 0.3) is 0 Å². The molecule has 2 aromatic rings. The Morgan fingerprint density at radius 2 is 2.16 bits per heavy atom. The molecule has 2 N–H and O–H groups in total. The van der Waals surface area contributed by atoms with E-state index in [4.69, 9.17) is 22.4 Å². The van der Waals surface area contributed by atoms with Crippen LogP contribution in [0.2, 0.25) is 0 Å². The van der Waals surface area contributed by atoms with Crippen LogP contribution in [0.1, 0.15) is 16.9 Å². The number of benzene rings is 1. The van der Waals surface area contributed by atoms with Crippen LogP contribution in [0.25, 0.3) is 0 Å². The summed E-state index contributed by atoms with van der Waals surface area (Å²) in [6.07, 6.45) is 1.65. The molecule has 0 spiro atoms. The van der Waals surface area contributed by atoms with Gasteiger partial charge in [0.2, 0.25) is 0 Å². The van der Waals surface area contributed by atoms with E-state index in [1.165, 1.54) is 12.1 Å². The Morgan fingerprint density at radius 1 is 1.42 bits per heavy atom. The van der Waals surface area contributed by atoms with Crippen molar-refractivity contribution in [3.05, 3.63) is 53.2 Å². The Labute approximate surface area is 116 Å². The number of hydrogen-bond donors (Lipinski definition) is 1. The van der Waals surface area contributed by atoms with Gasteiger partial charge in [-0.15, -0.1) is 0 Å². The van der Waals surface area contributed by atoms with E-state index in [-0.39, 0.29) is 10.8 Å². The molecule has 100 valence electrons. The number of nitrogens with two attached hydrogens (primary N) is 1. The molecule has 0 aliphatic rings. The van der Waals surface area contributed by atoms with Gasteiger partial charge in [-0.1, -0.05) is 12.2 Å². The molecule has 0 aliphatic heterocycles. The average molecular weight is 278 g/mol. The highest BCUT2D eigenvalue weighted by atomic mass is 32.1. The van der Waals surface area contributed by atoms with E-state index in [0.29, 0.717) is 12.1 Å². The summed E-state index contributed by atoms with van der Waals surface area (Å²) in [5, 5.41) is 0. The van der Waals surface area contributed by atoms with Gasteiger partial charge in [0.05, 0.1) is 6.26 Å². The van der Waals surface area contributed by atoms with Gasteiger partial charge in [-0.2, -0.15) is 0 Å². The van der Waals surface area contributed by atoms with Gasteiger partial charge in [0.1, 0.15) is 16.6 Å². The molecular formula is C14H15FN2OS. The first-order chi connectivity index (χ1) is 8.99. The minimum atomic E-state index is -0.348. The molecule has 5 heteroatoms. The summed E-state index contributed by atoms with van der Waals surface area (Å²) < 4.78 is 18.5. The molecule has 1 heterocycles. The van der Waals surface area contributed by atoms with E-state index in [2.05, 4.69) is 0 Å². The number of aryl methyl sites for hydroxylation is 1. The van der Waals surface area contributed by atoms with E-state index >= 15 is 0 Å². The fraction of sp³-hybridized carbons (Fsp3) is 0.214. The molecule has 0 aliphatic carbocycles. The van der Waals surface area contributed by atoms with Gasteiger partial charge in [-0.3, -0.25) is 0 Å². The number of hydrogen-bond acceptors (Lipinski definition) is 3. The Hall–Kier alpha value is -1.88. The zero-order valence-corrected chi connectivity index (χ0v) is 11.6. The lowest BCUT2D eigenvalue weighted by atomic mass is 10.1. The second kappa shape index (κ2) is 5.40. The van der Waals surface area contributed by atoms with Crippen molar-refractivity contribution in [2.45, 2.75) is 13.5 Å². The van der Waals surface area contributed by atoms with Crippen LogP contribution in [0.15, 0.2) is 34.9 Å². The van der Waals surface area contributed by atoms with E-state index in [0.717, 1.165) is 17.0 Å².